The molecule has 0 aromatic carbocycles. The first-order chi connectivity index (χ1) is 10.8. The van der Waals surface area contributed by atoms with Crippen LogP contribution in [-0.4, -0.2) is 5.78 Å². The molecule has 1 heteroatoms. The van der Waals surface area contributed by atoms with Crippen molar-refractivity contribution in [1.29, 1.82) is 0 Å². The minimum absolute atomic E-state index is 0.464. The predicted molar refractivity (Wildman–Crippen MR) is 88.4 cm³/mol. The Hall–Kier alpha value is -0.590. The monoisotopic (exact) mass is 298 g/mol. The Morgan fingerprint density at radius 2 is 1.64 bits per heavy atom. The highest BCUT2D eigenvalue weighted by molar-refractivity contribution is 5.86. The van der Waals surface area contributed by atoms with Gasteiger partial charge in [-0.3, -0.25) is 4.79 Å². The van der Waals surface area contributed by atoms with E-state index in [-0.39, 0.29) is 0 Å². The van der Waals surface area contributed by atoms with Gasteiger partial charge in [-0.15, -0.1) is 0 Å². The summed E-state index contributed by atoms with van der Waals surface area (Å²) in [7, 11) is 0. The third-order valence-corrected chi connectivity index (χ3v) is 8.19. The van der Waals surface area contributed by atoms with Crippen LogP contribution in [0, 0.1) is 35.5 Å². The van der Waals surface area contributed by atoms with E-state index in [1.807, 2.05) is 0 Å². The minimum atomic E-state index is 0.464. The van der Waals surface area contributed by atoms with Gasteiger partial charge in [-0.2, -0.15) is 0 Å². The zero-order valence-corrected chi connectivity index (χ0v) is 13.9. The molecule has 0 aliphatic heterocycles. The van der Waals surface area contributed by atoms with Crippen molar-refractivity contribution in [1.82, 2.24) is 0 Å². The highest BCUT2D eigenvalue weighted by Gasteiger charge is 2.51. The van der Waals surface area contributed by atoms with Gasteiger partial charge in [0.05, 0.1) is 0 Å². The van der Waals surface area contributed by atoms with Crippen LogP contribution in [0.3, 0.4) is 0 Å². The summed E-state index contributed by atoms with van der Waals surface area (Å²) in [6.07, 6.45) is 16.2. The molecule has 120 valence electrons. The number of rotatable bonds is 0. The number of carbonyl (C=O) groups is 1. The van der Waals surface area contributed by atoms with Crippen molar-refractivity contribution in [2.75, 3.05) is 0 Å². The molecule has 0 saturated heterocycles. The van der Waals surface area contributed by atoms with Gasteiger partial charge in [-0.05, 0) is 81.0 Å². The lowest BCUT2D eigenvalue weighted by Crippen LogP contribution is -2.48. The van der Waals surface area contributed by atoms with Crippen molar-refractivity contribution >= 4 is 5.78 Å². The summed E-state index contributed by atoms with van der Waals surface area (Å²) in [5, 5.41) is 0. The Balaban J connectivity index is 1.50. The van der Waals surface area contributed by atoms with Crippen LogP contribution >= 0.6 is 0 Å². The van der Waals surface area contributed by atoms with Crippen LogP contribution < -0.4 is 0 Å². The van der Waals surface area contributed by atoms with E-state index in [1.165, 1.54) is 70.6 Å². The molecule has 5 aliphatic rings. The summed E-state index contributed by atoms with van der Waals surface area (Å²) in [5.74, 6) is 5.23. The SMILES string of the molecule is O=C1CC2=C3CCCC3CCC2C2CCC3CCCCC3C12. The molecule has 0 spiro atoms. The lowest BCUT2D eigenvalue weighted by molar-refractivity contribution is -0.134. The molecule has 0 heterocycles. The summed E-state index contributed by atoms with van der Waals surface area (Å²) in [6, 6.07) is 0. The quantitative estimate of drug-likeness (QED) is 0.555. The number of allylic oxidation sites excluding steroid dienone is 2. The molecule has 6 unspecified atom stereocenters. The van der Waals surface area contributed by atoms with Crippen LogP contribution in [0.4, 0.5) is 0 Å². The third-order valence-electron chi connectivity index (χ3n) is 8.19. The molecule has 0 N–H and O–H groups in total. The van der Waals surface area contributed by atoms with Crippen molar-refractivity contribution in [3.8, 4) is 0 Å². The second-order valence-corrected chi connectivity index (χ2v) is 8.94. The Bertz CT molecular complexity index is 516. The van der Waals surface area contributed by atoms with Gasteiger partial charge in [0.25, 0.3) is 0 Å². The van der Waals surface area contributed by atoms with E-state index in [4.69, 9.17) is 0 Å². The lowest BCUT2D eigenvalue weighted by atomic mass is 9.52. The number of fused-ring (bicyclic) bond motifs is 6. The van der Waals surface area contributed by atoms with Gasteiger partial charge in [-0.25, -0.2) is 0 Å². The minimum Gasteiger partial charge on any atom is -0.299 e. The number of Topliss-reactive ketones (excluding diaryl/α,β-unsaturated/α-hetero) is 1. The fourth-order valence-electron chi connectivity index (χ4n) is 7.37. The van der Waals surface area contributed by atoms with Gasteiger partial charge in [0.1, 0.15) is 5.78 Å². The Morgan fingerprint density at radius 3 is 2.59 bits per heavy atom. The fourth-order valence-corrected chi connectivity index (χ4v) is 7.37. The molecule has 5 aliphatic carbocycles. The van der Waals surface area contributed by atoms with Crippen LogP contribution in [0.25, 0.3) is 0 Å². The van der Waals surface area contributed by atoms with E-state index < -0.39 is 0 Å². The first-order valence-electron chi connectivity index (χ1n) is 10.1. The van der Waals surface area contributed by atoms with Crippen molar-refractivity contribution in [2.24, 2.45) is 35.5 Å². The Labute approximate surface area is 134 Å². The van der Waals surface area contributed by atoms with E-state index in [0.717, 1.165) is 36.0 Å². The first kappa shape index (κ1) is 13.8. The average Bonchev–Trinajstić information content (AvgIpc) is 3.03. The molecule has 0 radical (unpaired) electrons. The van der Waals surface area contributed by atoms with Crippen LogP contribution in [0.2, 0.25) is 0 Å². The highest BCUT2D eigenvalue weighted by Crippen LogP contribution is 2.57. The number of ketones is 1. The van der Waals surface area contributed by atoms with Gasteiger partial charge < -0.3 is 0 Å². The van der Waals surface area contributed by atoms with Crippen LogP contribution in [0.5, 0.6) is 0 Å². The molecule has 0 bridgehead atoms. The third kappa shape index (κ3) is 1.93. The molecule has 4 fully saturated rings. The van der Waals surface area contributed by atoms with Crippen molar-refractivity contribution < 1.29 is 4.79 Å². The standard InChI is InChI=1S/C21H30O/c22-20-12-19-15-7-3-5-13(15)8-10-17(19)18-11-9-14-4-1-2-6-16(14)21(18)20/h13-14,16-18,21H,1-12H2. The summed E-state index contributed by atoms with van der Waals surface area (Å²) >= 11 is 0. The largest absolute Gasteiger partial charge is 0.299 e. The van der Waals surface area contributed by atoms with E-state index in [9.17, 15) is 4.79 Å². The molecule has 22 heavy (non-hydrogen) atoms. The smallest absolute Gasteiger partial charge is 0.140 e. The van der Waals surface area contributed by atoms with Gasteiger partial charge >= 0.3 is 0 Å². The molecule has 6 atom stereocenters. The second kappa shape index (κ2) is 5.21. The van der Waals surface area contributed by atoms with Crippen molar-refractivity contribution in [3.63, 3.8) is 0 Å². The van der Waals surface area contributed by atoms with Crippen LogP contribution in [0.15, 0.2) is 11.1 Å². The molecule has 0 aromatic heterocycles. The zero-order chi connectivity index (χ0) is 14.7. The van der Waals surface area contributed by atoms with Crippen molar-refractivity contribution in [2.45, 2.75) is 77.0 Å². The Morgan fingerprint density at radius 1 is 0.727 bits per heavy atom. The van der Waals surface area contributed by atoms with Crippen LogP contribution in [-0.2, 0) is 4.79 Å². The first-order valence-corrected chi connectivity index (χ1v) is 10.1. The van der Waals surface area contributed by atoms with Gasteiger partial charge in [0, 0.05) is 12.3 Å². The average molecular weight is 298 g/mol. The molecule has 5 rings (SSSR count). The van der Waals surface area contributed by atoms with Gasteiger partial charge in [-0.1, -0.05) is 30.4 Å². The van der Waals surface area contributed by atoms with E-state index in [0.29, 0.717) is 11.7 Å². The van der Waals surface area contributed by atoms with Crippen molar-refractivity contribution in [3.05, 3.63) is 11.1 Å². The summed E-state index contributed by atoms with van der Waals surface area (Å²) in [4.78, 5) is 13.1. The summed E-state index contributed by atoms with van der Waals surface area (Å²) in [5.41, 5.74) is 3.45. The normalized spacial score (nSPS) is 47.5. The lowest BCUT2D eigenvalue weighted by Gasteiger charge is -2.52. The maximum Gasteiger partial charge on any atom is 0.140 e. The number of hydrogen-bond donors (Lipinski definition) is 0. The van der Waals surface area contributed by atoms with E-state index in [1.54, 1.807) is 11.1 Å². The van der Waals surface area contributed by atoms with E-state index in [2.05, 4.69) is 0 Å². The summed E-state index contributed by atoms with van der Waals surface area (Å²) < 4.78 is 0. The maximum absolute atomic E-state index is 13.1. The zero-order valence-electron chi connectivity index (χ0n) is 13.9. The second-order valence-electron chi connectivity index (χ2n) is 8.94. The fraction of sp³-hybridized carbons (Fsp3) is 0.857. The predicted octanol–water partition coefficient (Wildman–Crippen LogP) is 5.30. The van der Waals surface area contributed by atoms with Crippen LogP contribution in [0.1, 0.15) is 77.0 Å². The molecule has 4 saturated carbocycles. The topological polar surface area (TPSA) is 17.1 Å². The molecular weight excluding hydrogens is 268 g/mol. The van der Waals surface area contributed by atoms with Gasteiger partial charge in [0.2, 0.25) is 0 Å². The van der Waals surface area contributed by atoms with Gasteiger partial charge in [0.15, 0.2) is 0 Å². The van der Waals surface area contributed by atoms with E-state index >= 15 is 0 Å². The maximum atomic E-state index is 13.1. The molecule has 0 aromatic rings. The number of hydrogen-bond acceptors (Lipinski definition) is 1. The summed E-state index contributed by atoms with van der Waals surface area (Å²) in [6.45, 7) is 0. The molecular formula is C21H30O. The Kier molecular flexibility index (Phi) is 3.27. The molecule has 1 nitrogen and oxygen atoms in total. The molecule has 0 amide bonds. The highest BCUT2D eigenvalue weighted by atomic mass is 16.1. The number of carbonyl (C=O) groups excluding carboxylic acids is 1.